The fraction of sp³-hybridized carbons (Fsp3) is 0.308. The lowest BCUT2D eigenvalue weighted by molar-refractivity contribution is 0.387. The lowest BCUT2D eigenvalue weighted by atomic mass is 10.2. The van der Waals surface area contributed by atoms with Crippen LogP contribution in [0.2, 0.25) is 0 Å². The minimum atomic E-state index is -0.483. The first kappa shape index (κ1) is 13.2. The summed E-state index contributed by atoms with van der Waals surface area (Å²) in [5.41, 5.74) is 8.48. The van der Waals surface area contributed by atoms with Crippen LogP contribution in [0.4, 0.5) is 15.8 Å². The summed E-state index contributed by atoms with van der Waals surface area (Å²) in [6, 6.07) is 2.76. The van der Waals surface area contributed by atoms with Crippen molar-refractivity contribution in [3.63, 3.8) is 0 Å². The summed E-state index contributed by atoms with van der Waals surface area (Å²) in [5.74, 6) is 0.413. The highest BCUT2D eigenvalue weighted by atomic mass is 19.1. The third-order valence-electron chi connectivity index (χ3n) is 2.96. The average molecular weight is 265 g/mol. The number of nitrogens with zero attached hydrogens (tertiary/aromatic N) is 1. The van der Waals surface area contributed by atoms with Gasteiger partial charge in [0.1, 0.15) is 5.76 Å². The highest BCUT2D eigenvalue weighted by Gasteiger charge is 2.11. The second-order valence-corrected chi connectivity index (χ2v) is 4.23. The van der Waals surface area contributed by atoms with E-state index in [1.54, 1.807) is 0 Å². The van der Waals surface area contributed by atoms with E-state index in [4.69, 9.17) is 15.0 Å². The standard InChI is InChI=1S/C13H16FN3O2/c1-7-9(8(2)19-17-7)6-16-12-5-13(18-3)10(14)4-11(12)15/h4-5,16H,6,15H2,1-3H3. The summed E-state index contributed by atoms with van der Waals surface area (Å²) < 4.78 is 23.4. The summed E-state index contributed by atoms with van der Waals surface area (Å²) >= 11 is 0. The van der Waals surface area contributed by atoms with Gasteiger partial charge in [0.2, 0.25) is 0 Å². The topological polar surface area (TPSA) is 73.3 Å². The van der Waals surface area contributed by atoms with Crippen molar-refractivity contribution in [3.8, 4) is 5.75 Å². The first-order valence-corrected chi connectivity index (χ1v) is 5.81. The van der Waals surface area contributed by atoms with Crippen LogP contribution in [-0.4, -0.2) is 12.3 Å². The summed E-state index contributed by atoms with van der Waals surface area (Å²) in [6.07, 6.45) is 0. The summed E-state index contributed by atoms with van der Waals surface area (Å²) in [7, 11) is 1.41. The number of hydrogen-bond acceptors (Lipinski definition) is 5. The Morgan fingerprint density at radius 3 is 2.74 bits per heavy atom. The van der Waals surface area contributed by atoms with E-state index in [1.807, 2.05) is 13.8 Å². The maximum atomic E-state index is 13.4. The number of nitrogen functional groups attached to an aromatic ring is 1. The van der Waals surface area contributed by atoms with Crippen molar-refractivity contribution in [1.29, 1.82) is 0 Å². The zero-order valence-corrected chi connectivity index (χ0v) is 11.1. The van der Waals surface area contributed by atoms with Gasteiger partial charge in [0.15, 0.2) is 11.6 Å². The highest BCUT2D eigenvalue weighted by Crippen LogP contribution is 2.28. The van der Waals surface area contributed by atoms with Gasteiger partial charge in [0.25, 0.3) is 0 Å². The molecule has 0 saturated heterocycles. The molecule has 0 atom stereocenters. The van der Waals surface area contributed by atoms with Crippen molar-refractivity contribution in [3.05, 3.63) is 35.0 Å². The van der Waals surface area contributed by atoms with Crippen LogP contribution in [0, 0.1) is 19.7 Å². The number of aryl methyl sites for hydroxylation is 2. The molecule has 0 unspecified atom stereocenters. The van der Waals surface area contributed by atoms with Crippen molar-refractivity contribution >= 4 is 11.4 Å². The third kappa shape index (κ3) is 2.62. The molecule has 1 heterocycles. The van der Waals surface area contributed by atoms with E-state index in [0.717, 1.165) is 17.0 Å². The predicted molar refractivity (Wildman–Crippen MR) is 70.7 cm³/mol. The van der Waals surface area contributed by atoms with Gasteiger partial charge in [-0.15, -0.1) is 0 Å². The van der Waals surface area contributed by atoms with Gasteiger partial charge in [-0.25, -0.2) is 4.39 Å². The summed E-state index contributed by atoms with van der Waals surface area (Å²) in [6.45, 7) is 4.20. The molecule has 0 aliphatic rings. The molecule has 19 heavy (non-hydrogen) atoms. The van der Waals surface area contributed by atoms with E-state index in [0.29, 0.717) is 17.9 Å². The lowest BCUT2D eigenvalue weighted by Gasteiger charge is -2.11. The monoisotopic (exact) mass is 265 g/mol. The van der Waals surface area contributed by atoms with Gasteiger partial charge >= 0.3 is 0 Å². The largest absolute Gasteiger partial charge is 0.494 e. The molecular weight excluding hydrogens is 249 g/mol. The zero-order chi connectivity index (χ0) is 14.0. The maximum Gasteiger partial charge on any atom is 0.167 e. The Labute approximate surface area is 110 Å². The Morgan fingerprint density at radius 1 is 1.42 bits per heavy atom. The SMILES string of the molecule is COc1cc(NCc2c(C)noc2C)c(N)cc1F. The zero-order valence-electron chi connectivity index (χ0n) is 11.1. The molecule has 0 saturated carbocycles. The van der Waals surface area contributed by atoms with Crippen LogP contribution in [0.15, 0.2) is 16.7 Å². The average Bonchev–Trinajstić information content (AvgIpc) is 2.68. The van der Waals surface area contributed by atoms with E-state index in [1.165, 1.54) is 19.2 Å². The molecule has 1 aromatic carbocycles. The number of hydrogen-bond donors (Lipinski definition) is 2. The highest BCUT2D eigenvalue weighted by molar-refractivity contribution is 5.68. The summed E-state index contributed by atoms with van der Waals surface area (Å²) in [5, 5.41) is 7.00. The molecule has 3 N–H and O–H groups in total. The van der Waals surface area contributed by atoms with Gasteiger partial charge in [-0.3, -0.25) is 0 Å². The van der Waals surface area contributed by atoms with Crippen molar-refractivity contribution < 1.29 is 13.7 Å². The maximum absolute atomic E-state index is 13.4. The second-order valence-electron chi connectivity index (χ2n) is 4.23. The molecule has 2 aromatic rings. The number of methoxy groups -OCH3 is 1. The molecule has 0 aliphatic carbocycles. The Hall–Kier alpha value is -2.24. The Balaban J connectivity index is 2.20. The Bertz CT molecular complexity index is 576. The Morgan fingerprint density at radius 2 is 2.16 bits per heavy atom. The van der Waals surface area contributed by atoms with Gasteiger partial charge in [-0.1, -0.05) is 5.16 Å². The quantitative estimate of drug-likeness (QED) is 0.831. The molecular formula is C13H16FN3O2. The minimum absolute atomic E-state index is 0.149. The van der Waals surface area contributed by atoms with Crippen LogP contribution in [0.1, 0.15) is 17.0 Å². The number of rotatable bonds is 4. The van der Waals surface area contributed by atoms with E-state index in [-0.39, 0.29) is 5.75 Å². The number of ether oxygens (including phenoxy) is 1. The smallest absolute Gasteiger partial charge is 0.167 e. The molecule has 1 aromatic heterocycles. The molecule has 0 aliphatic heterocycles. The van der Waals surface area contributed by atoms with Crippen LogP contribution in [-0.2, 0) is 6.54 Å². The van der Waals surface area contributed by atoms with E-state index < -0.39 is 5.82 Å². The third-order valence-corrected chi connectivity index (χ3v) is 2.96. The van der Waals surface area contributed by atoms with Gasteiger partial charge in [0, 0.05) is 24.2 Å². The number of halogens is 1. The molecule has 2 rings (SSSR count). The molecule has 6 heteroatoms. The minimum Gasteiger partial charge on any atom is -0.494 e. The predicted octanol–water partition coefficient (Wildman–Crippen LogP) is 2.63. The lowest BCUT2D eigenvalue weighted by Crippen LogP contribution is -2.05. The summed E-state index contributed by atoms with van der Waals surface area (Å²) in [4.78, 5) is 0. The molecule has 0 spiro atoms. The van der Waals surface area contributed by atoms with Gasteiger partial charge in [0.05, 0.1) is 24.2 Å². The molecule has 0 radical (unpaired) electrons. The fourth-order valence-electron chi connectivity index (χ4n) is 1.82. The second kappa shape index (κ2) is 5.17. The van der Waals surface area contributed by atoms with Gasteiger partial charge in [-0.05, 0) is 13.8 Å². The molecule has 0 fully saturated rings. The van der Waals surface area contributed by atoms with Crippen LogP contribution in [0.5, 0.6) is 5.75 Å². The van der Waals surface area contributed by atoms with Crippen molar-refractivity contribution in [2.24, 2.45) is 0 Å². The van der Waals surface area contributed by atoms with E-state index >= 15 is 0 Å². The van der Waals surface area contributed by atoms with Crippen LogP contribution in [0.3, 0.4) is 0 Å². The van der Waals surface area contributed by atoms with Crippen molar-refractivity contribution in [1.82, 2.24) is 5.16 Å². The number of nitrogens with one attached hydrogen (secondary N) is 1. The number of aromatic nitrogens is 1. The van der Waals surface area contributed by atoms with Crippen molar-refractivity contribution in [2.45, 2.75) is 20.4 Å². The Kier molecular flexibility index (Phi) is 3.59. The first-order chi connectivity index (χ1) is 9.02. The molecule has 0 amide bonds. The molecule has 5 nitrogen and oxygen atoms in total. The van der Waals surface area contributed by atoms with E-state index in [2.05, 4.69) is 10.5 Å². The van der Waals surface area contributed by atoms with Crippen LogP contribution in [0.25, 0.3) is 0 Å². The molecule has 0 bridgehead atoms. The van der Waals surface area contributed by atoms with Crippen LogP contribution >= 0.6 is 0 Å². The van der Waals surface area contributed by atoms with Gasteiger partial charge in [-0.2, -0.15) is 0 Å². The van der Waals surface area contributed by atoms with E-state index in [9.17, 15) is 4.39 Å². The van der Waals surface area contributed by atoms with Crippen LogP contribution < -0.4 is 15.8 Å². The molecule has 102 valence electrons. The van der Waals surface area contributed by atoms with Gasteiger partial charge < -0.3 is 20.3 Å². The van der Waals surface area contributed by atoms with Crippen molar-refractivity contribution in [2.75, 3.05) is 18.2 Å². The number of anilines is 2. The first-order valence-electron chi connectivity index (χ1n) is 5.81. The number of benzene rings is 1. The fourth-order valence-corrected chi connectivity index (χ4v) is 1.82. The normalized spacial score (nSPS) is 10.5. The number of nitrogens with two attached hydrogens (primary N) is 1.